The Labute approximate surface area is 157 Å². The average Bonchev–Trinajstić information content (AvgIpc) is 3.42. The number of anilines is 1. The lowest BCUT2D eigenvalue weighted by molar-refractivity contribution is -0.116. The zero-order valence-corrected chi connectivity index (χ0v) is 15.1. The number of carbonyl (C=O) groups excluding carboxylic acids is 1. The summed E-state index contributed by atoms with van der Waals surface area (Å²) in [5, 5.41) is 29.6. The highest BCUT2D eigenvalue weighted by atomic mass is 32.1. The van der Waals surface area contributed by atoms with Crippen molar-refractivity contribution in [1.29, 1.82) is 0 Å². The van der Waals surface area contributed by atoms with E-state index in [1.807, 2.05) is 48.0 Å². The summed E-state index contributed by atoms with van der Waals surface area (Å²) in [6.45, 7) is 1.81. The van der Waals surface area contributed by atoms with Crippen LogP contribution in [0.1, 0.15) is 23.9 Å². The summed E-state index contributed by atoms with van der Waals surface area (Å²) in [4.78, 5) is 12.6. The summed E-state index contributed by atoms with van der Waals surface area (Å²) >= 11 is 1.56. The number of nitrogens with zero attached hydrogens (tertiary/aromatic N) is 8. The summed E-state index contributed by atoms with van der Waals surface area (Å²) in [5.41, 5.74) is 2.42. The number of aryl methyl sites for hydroxylation is 1. The maximum Gasteiger partial charge on any atom is 0.226 e. The molecule has 0 spiro atoms. The lowest BCUT2D eigenvalue weighted by Gasteiger charge is -2.15. The van der Waals surface area contributed by atoms with E-state index in [2.05, 4.69) is 36.4 Å². The highest BCUT2D eigenvalue weighted by molar-refractivity contribution is 7.08. The molecule has 0 unspecified atom stereocenters. The molecule has 136 valence electrons. The molecule has 4 aromatic rings. The molecule has 1 aromatic carbocycles. The normalized spacial score (nSPS) is 12.0. The summed E-state index contributed by atoms with van der Waals surface area (Å²) in [7, 11) is 0. The Kier molecular flexibility index (Phi) is 4.66. The number of hydrogen-bond acceptors (Lipinski definition) is 8. The van der Waals surface area contributed by atoms with Crippen molar-refractivity contribution >= 4 is 22.9 Å². The van der Waals surface area contributed by atoms with Crippen LogP contribution >= 0.6 is 11.3 Å². The van der Waals surface area contributed by atoms with Crippen LogP contribution in [0.3, 0.4) is 0 Å². The number of nitrogens with one attached hydrogen (secondary N) is 1. The van der Waals surface area contributed by atoms with E-state index >= 15 is 0 Å². The predicted octanol–water partition coefficient (Wildman–Crippen LogP) is 1.64. The van der Waals surface area contributed by atoms with Gasteiger partial charge in [0.1, 0.15) is 6.33 Å². The van der Waals surface area contributed by atoms with Crippen molar-refractivity contribution in [2.45, 2.75) is 19.4 Å². The molecular weight excluding hydrogens is 366 g/mol. The lowest BCUT2D eigenvalue weighted by atomic mass is 10.1. The van der Waals surface area contributed by atoms with Crippen LogP contribution in [0.15, 0.2) is 47.4 Å². The number of rotatable bonds is 6. The largest absolute Gasteiger partial charge is 0.326 e. The minimum absolute atomic E-state index is 0.146. The number of benzene rings is 1. The highest BCUT2D eigenvalue weighted by Gasteiger charge is 2.20. The second-order valence-corrected chi connectivity index (χ2v) is 6.58. The van der Waals surface area contributed by atoms with E-state index in [9.17, 15) is 4.79 Å². The van der Waals surface area contributed by atoms with Crippen LogP contribution in [0.25, 0.3) is 5.69 Å². The summed E-state index contributed by atoms with van der Waals surface area (Å²) in [6.07, 6.45) is 1.71. The van der Waals surface area contributed by atoms with Crippen LogP contribution in [-0.4, -0.2) is 46.3 Å². The van der Waals surface area contributed by atoms with Gasteiger partial charge in [0.25, 0.3) is 0 Å². The van der Waals surface area contributed by atoms with E-state index in [0.717, 1.165) is 11.3 Å². The molecule has 1 atom stereocenters. The molecule has 0 fully saturated rings. The van der Waals surface area contributed by atoms with Crippen molar-refractivity contribution in [2.75, 3.05) is 5.32 Å². The Balaban J connectivity index is 1.51. The monoisotopic (exact) mass is 381 g/mol. The second kappa shape index (κ2) is 7.41. The van der Waals surface area contributed by atoms with Gasteiger partial charge in [-0.2, -0.15) is 16.0 Å². The van der Waals surface area contributed by atoms with Crippen LogP contribution in [0.5, 0.6) is 0 Å². The first-order valence-corrected chi connectivity index (χ1v) is 9.05. The molecule has 0 radical (unpaired) electrons. The van der Waals surface area contributed by atoms with Crippen molar-refractivity contribution in [2.24, 2.45) is 0 Å². The van der Waals surface area contributed by atoms with E-state index in [0.29, 0.717) is 11.5 Å². The molecule has 0 aliphatic rings. The molecule has 0 bridgehead atoms. The Hall–Kier alpha value is -3.47. The van der Waals surface area contributed by atoms with Gasteiger partial charge in [-0.05, 0) is 68.4 Å². The Morgan fingerprint density at radius 1 is 1.26 bits per heavy atom. The topological polar surface area (TPSA) is 116 Å². The molecular formula is C16H15N9OS. The predicted molar refractivity (Wildman–Crippen MR) is 97.4 cm³/mol. The molecule has 0 saturated carbocycles. The fourth-order valence-corrected chi connectivity index (χ4v) is 3.42. The van der Waals surface area contributed by atoms with Crippen molar-refractivity contribution in [3.63, 3.8) is 0 Å². The second-order valence-electron chi connectivity index (χ2n) is 5.80. The standard InChI is InChI=1S/C16H15N9OS/c1-11-19-21-23-25(11)14-4-2-3-13(7-14)18-16(26)8-15(12-5-6-27-9-12)24-10-17-20-22-24/h2-7,9-10,15H,8H2,1H3,(H,18,26)/t15-/m0/s1. The van der Waals surface area contributed by atoms with E-state index in [1.165, 1.54) is 6.33 Å². The van der Waals surface area contributed by atoms with Gasteiger partial charge in [0.2, 0.25) is 5.91 Å². The quantitative estimate of drug-likeness (QED) is 0.539. The fourth-order valence-electron chi connectivity index (χ4n) is 2.71. The maximum absolute atomic E-state index is 12.6. The van der Waals surface area contributed by atoms with Crippen molar-refractivity contribution in [3.8, 4) is 5.69 Å². The van der Waals surface area contributed by atoms with Gasteiger partial charge >= 0.3 is 0 Å². The lowest BCUT2D eigenvalue weighted by Crippen LogP contribution is -2.20. The number of aromatic nitrogens is 8. The van der Waals surface area contributed by atoms with Gasteiger partial charge in [-0.1, -0.05) is 6.07 Å². The first kappa shape index (κ1) is 17.0. The first-order valence-electron chi connectivity index (χ1n) is 8.10. The van der Waals surface area contributed by atoms with Crippen LogP contribution in [0.2, 0.25) is 0 Å². The molecule has 0 aliphatic heterocycles. The maximum atomic E-state index is 12.6. The third kappa shape index (κ3) is 3.72. The summed E-state index contributed by atoms with van der Waals surface area (Å²) in [6, 6.07) is 9.04. The smallest absolute Gasteiger partial charge is 0.226 e. The molecule has 0 aliphatic carbocycles. The van der Waals surface area contributed by atoms with Crippen LogP contribution in [-0.2, 0) is 4.79 Å². The third-order valence-electron chi connectivity index (χ3n) is 3.99. The van der Waals surface area contributed by atoms with Crippen molar-refractivity contribution in [1.82, 2.24) is 40.4 Å². The minimum atomic E-state index is -0.267. The molecule has 1 N–H and O–H groups in total. The third-order valence-corrected chi connectivity index (χ3v) is 4.69. The van der Waals surface area contributed by atoms with Gasteiger partial charge in [0, 0.05) is 5.69 Å². The molecule has 11 heteroatoms. The van der Waals surface area contributed by atoms with E-state index in [4.69, 9.17) is 0 Å². The van der Waals surface area contributed by atoms with Crippen molar-refractivity contribution < 1.29 is 4.79 Å². The average molecular weight is 381 g/mol. The summed E-state index contributed by atoms with van der Waals surface area (Å²) in [5.74, 6) is 0.516. The van der Waals surface area contributed by atoms with Gasteiger partial charge in [-0.25, -0.2) is 4.68 Å². The van der Waals surface area contributed by atoms with E-state index < -0.39 is 0 Å². The highest BCUT2D eigenvalue weighted by Crippen LogP contribution is 2.24. The number of carbonyl (C=O) groups is 1. The Bertz CT molecular complexity index is 992. The van der Waals surface area contributed by atoms with Crippen LogP contribution in [0, 0.1) is 6.92 Å². The molecule has 0 saturated heterocycles. The van der Waals surface area contributed by atoms with Crippen molar-refractivity contribution in [3.05, 3.63) is 58.8 Å². The van der Waals surface area contributed by atoms with Gasteiger partial charge in [-0.15, -0.1) is 10.2 Å². The number of hydrogen-bond donors (Lipinski definition) is 1. The fraction of sp³-hybridized carbons (Fsp3) is 0.188. The Morgan fingerprint density at radius 2 is 2.19 bits per heavy atom. The number of amides is 1. The number of tetrazole rings is 2. The molecule has 3 heterocycles. The summed E-state index contributed by atoms with van der Waals surface area (Å²) < 4.78 is 3.19. The molecule has 4 rings (SSSR count). The zero-order valence-electron chi connectivity index (χ0n) is 14.3. The molecule has 10 nitrogen and oxygen atoms in total. The van der Waals surface area contributed by atoms with Gasteiger partial charge in [0.05, 0.1) is 18.2 Å². The van der Waals surface area contributed by atoms with E-state index in [-0.39, 0.29) is 18.4 Å². The van der Waals surface area contributed by atoms with Crippen LogP contribution in [0.4, 0.5) is 5.69 Å². The number of thiophene rings is 1. The first-order chi connectivity index (χ1) is 13.2. The van der Waals surface area contributed by atoms with Crippen LogP contribution < -0.4 is 5.32 Å². The van der Waals surface area contributed by atoms with Gasteiger partial charge in [0.15, 0.2) is 5.82 Å². The van der Waals surface area contributed by atoms with Gasteiger partial charge < -0.3 is 5.32 Å². The zero-order chi connectivity index (χ0) is 18.6. The molecule has 3 aromatic heterocycles. The molecule has 1 amide bonds. The molecule has 27 heavy (non-hydrogen) atoms. The minimum Gasteiger partial charge on any atom is -0.326 e. The van der Waals surface area contributed by atoms with E-state index in [1.54, 1.807) is 20.7 Å². The Morgan fingerprint density at radius 3 is 2.89 bits per heavy atom. The SMILES string of the molecule is Cc1nnnn1-c1cccc(NC(=O)C[C@@H](c2ccsc2)n2cnnn2)c1. The van der Waals surface area contributed by atoms with Gasteiger partial charge in [-0.3, -0.25) is 4.79 Å².